The Morgan fingerprint density at radius 2 is 2.06 bits per heavy atom. The van der Waals surface area contributed by atoms with Crippen LogP contribution in [-0.4, -0.2) is 36.1 Å². The van der Waals surface area contributed by atoms with Gasteiger partial charge < -0.3 is 14.6 Å². The quantitative estimate of drug-likeness (QED) is 0.338. The summed E-state index contributed by atoms with van der Waals surface area (Å²) in [7, 11) is 0. The number of esters is 1. The number of nitrogens with zero attached hydrogens (tertiary/aromatic N) is 1. The van der Waals surface area contributed by atoms with E-state index in [0.29, 0.717) is 0 Å². The summed E-state index contributed by atoms with van der Waals surface area (Å²) < 4.78 is 9.69. The van der Waals surface area contributed by atoms with Gasteiger partial charge in [0, 0.05) is 11.4 Å². The lowest BCUT2D eigenvalue weighted by molar-refractivity contribution is -0.261. The molecule has 0 spiro atoms. The molecule has 5 nitrogen and oxygen atoms in total. The molecule has 0 N–H and O–H groups in total. The van der Waals surface area contributed by atoms with Crippen LogP contribution in [0.5, 0.6) is 0 Å². The largest absolute Gasteiger partial charge is 0.595 e. The zero-order valence-electron chi connectivity index (χ0n) is 10.0. The molecule has 0 saturated carbocycles. The number of carbonyl (C=O) groups excluding carboxylic acids is 1. The van der Waals surface area contributed by atoms with Crippen LogP contribution in [0.15, 0.2) is 4.99 Å². The molecule has 0 aliphatic heterocycles. The molecule has 0 aromatic carbocycles. The molecule has 0 saturated heterocycles. The third kappa shape index (κ3) is 6.55. The van der Waals surface area contributed by atoms with Crippen molar-refractivity contribution in [2.75, 3.05) is 12.4 Å². The van der Waals surface area contributed by atoms with Gasteiger partial charge in [0.15, 0.2) is 6.04 Å². The predicted octanol–water partition coefficient (Wildman–Crippen LogP) is 0.379. The SMILES string of the molecule is CCOC(=O)[C@@H](CS)N=C([O-])OC(C)(C)C. The molecule has 1 atom stereocenters. The van der Waals surface area contributed by atoms with E-state index >= 15 is 0 Å². The second-order valence-electron chi connectivity index (χ2n) is 4.06. The van der Waals surface area contributed by atoms with Gasteiger partial charge in [-0.15, -0.1) is 0 Å². The highest BCUT2D eigenvalue weighted by molar-refractivity contribution is 7.80. The van der Waals surface area contributed by atoms with Gasteiger partial charge in [0.1, 0.15) is 6.08 Å². The third-order valence-electron chi connectivity index (χ3n) is 1.39. The number of aliphatic imine (C=N–C) groups is 1. The van der Waals surface area contributed by atoms with Crippen molar-refractivity contribution in [2.24, 2.45) is 4.99 Å². The van der Waals surface area contributed by atoms with Crippen molar-refractivity contribution in [2.45, 2.75) is 39.3 Å². The van der Waals surface area contributed by atoms with Crippen LogP contribution in [0, 0.1) is 0 Å². The number of rotatable bonds is 4. The van der Waals surface area contributed by atoms with Crippen molar-refractivity contribution < 1.29 is 19.4 Å². The Hall–Kier alpha value is -0.910. The Bertz CT molecular complexity index is 260. The number of hydrogen-bond donors (Lipinski definition) is 1. The fraction of sp³-hybridized carbons (Fsp3) is 0.800. The second-order valence-corrected chi connectivity index (χ2v) is 4.43. The van der Waals surface area contributed by atoms with E-state index in [-0.39, 0.29) is 12.4 Å². The van der Waals surface area contributed by atoms with E-state index in [1.54, 1.807) is 27.7 Å². The number of hydrogen-bond acceptors (Lipinski definition) is 6. The number of carbonyl (C=O) groups is 1. The molecule has 0 fully saturated rings. The summed E-state index contributed by atoms with van der Waals surface area (Å²) in [6.45, 7) is 7.09. The smallest absolute Gasteiger partial charge is 0.331 e. The van der Waals surface area contributed by atoms with Crippen LogP contribution in [-0.2, 0) is 14.3 Å². The second kappa shape index (κ2) is 6.62. The molecule has 0 radical (unpaired) electrons. The van der Waals surface area contributed by atoms with E-state index in [2.05, 4.69) is 17.6 Å². The molecule has 0 heterocycles. The molecule has 0 unspecified atom stereocenters. The first-order valence-corrected chi connectivity index (χ1v) is 5.64. The molecule has 0 aliphatic carbocycles. The Morgan fingerprint density at radius 1 is 1.50 bits per heavy atom. The van der Waals surface area contributed by atoms with Crippen LogP contribution in [0.25, 0.3) is 0 Å². The van der Waals surface area contributed by atoms with Crippen molar-refractivity contribution in [3.63, 3.8) is 0 Å². The van der Waals surface area contributed by atoms with Crippen molar-refractivity contribution in [3.05, 3.63) is 0 Å². The molecule has 0 aromatic heterocycles. The van der Waals surface area contributed by atoms with E-state index in [1.807, 2.05) is 0 Å². The van der Waals surface area contributed by atoms with E-state index in [1.165, 1.54) is 0 Å². The fourth-order valence-corrected chi connectivity index (χ4v) is 1.05. The average Bonchev–Trinajstić information content (AvgIpc) is 2.11. The van der Waals surface area contributed by atoms with Crippen molar-refractivity contribution in [1.82, 2.24) is 0 Å². The van der Waals surface area contributed by atoms with Gasteiger partial charge in [0.05, 0.1) is 6.61 Å². The van der Waals surface area contributed by atoms with E-state index in [9.17, 15) is 9.90 Å². The Labute approximate surface area is 101 Å². The van der Waals surface area contributed by atoms with Gasteiger partial charge in [0.2, 0.25) is 0 Å². The maximum absolute atomic E-state index is 11.3. The lowest BCUT2D eigenvalue weighted by Crippen LogP contribution is -2.35. The van der Waals surface area contributed by atoms with Crippen molar-refractivity contribution in [3.8, 4) is 0 Å². The minimum Gasteiger partial charge on any atom is -0.595 e. The van der Waals surface area contributed by atoms with Crippen LogP contribution in [0.4, 0.5) is 0 Å². The number of ether oxygens (including phenoxy) is 2. The summed E-state index contributed by atoms with van der Waals surface area (Å²) in [4.78, 5) is 14.9. The van der Waals surface area contributed by atoms with Gasteiger partial charge in [0.25, 0.3) is 0 Å². The van der Waals surface area contributed by atoms with Crippen molar-refractivity contribution >= 4 is 24.7 Å². The standard InChI is InChI=1S/C10H19NO4S/c1-5-14-8(12)7(6-16)11-9(13)15-10(2,3)4/h7,16H,5-6H2,1-4H3,(H,11,13)/p-1/t7-/m1/s1. The summed E-state index contributed by atoms with van der Waals surface area (Å²) in [5.41, 5.74) is -0.629. The van der Waals surface area contributed by atoms with Crippen LogP contribution in [0.2, 0.25) is 0 Å². The molecule has 0 aliphatic rings. The lowest BCUT2D eigenvalue weighted by Gasteiger charge is -2.30. The topological polar surface area (TPSA) is 71.0 Å². The van der Waals surface area contributed by atoms with Gasteiger partial charge in [-0.1, -0.05) is 20.8 Å². The molecule has 94 valence electrons. The predicted molar refractivity (Wildman–Crippen MR) is 62.5 cm³/mol. The monoisotopic (exact) mass is 248 g/mol. The van der Waals surface area contributed by atoms with Crippen LogP contribution in [0.3, 0.4) is 0 Å². The van der Waals surface area contributed by atoms with E-state index < -0.39 is 23.7 Å². The zero-order valence-corrected chi connectivity index (χ0v) is 10.9. The van der Waals surface area contributed by atoms with E-state index in [0.717, 1.165) is 0 Å². The zero-order chi connectivity index (χ0) is 12.8. The van der Waals surface area contributed by atoms with Gasteiger partial charge >= 0.3 is 5.97 Å². The lowest BCUT2D eigenvalue weighted by atomic mass is 10.2. The summed E-state index contributed by atoms with van der Waals surface area (Å²) in [6.07, 6.45) is -0.778. The highest BCUT2D eigenvalue weighted by atomic mass is 32.1. The fourth-order valence-electron chi connectivity index (χ4n) is 0.822. The van der Waals surface area contributed by atoms with E-state index in [4.69, 9.17) is 9.47 Å². The molecule has 0 bridgehead atoms. The third-order valence-corrected chi connectivity index (χ3v) is 1.73. The number of thiol groups is 1. The van der Waals surface area contributed by atoms with Crippen molar-refractivity contribution in [1.29, 1.82) is 0 Å². The van der Waals surface area contributed by atoms with Crippen LogP contribution in [0.1, 0.15) is 27.7 Å². The molecule has 0 rings (SSSR count). The summed E-state index contributed by atoms with van der Waals surface area (Å²) in [5, 5.41) is 11.3. The molecular weight excluding hydrogens is 230 g/mol. The van der Waals surface area contributed by atoms with Gasteiger partial charge in [-0.3, -0.25) is 4.99 Å². The highest BCUT2D eigenvalue weighted by Gasteiger charge is 2.17. The summed E-state index contributed by atoms with van der Waals surface area (Å²) in [5.74, 6) is -0.457. The molecule has 0 amide bonds. The summed E-state index contributed by atoms with van der Waals surface area (Å²) in [6, 6.07) is -0.905. The van der Waals surface area contributed by atoms with Gasteiger partial charge in [-0.05, 0) is 6.92 Å². The van der Waals surface area contributed by atoms with Gasteiger partial charge in [-0.25, -0.2) is 4.79 Å². The first-order chi connectivity index (χ1) is 7.30. The minimum absolute atomic E-state index is 0.109. The Kier molecular flexibility index (Phi) is 6.25. The maximum Gasteiger partial charge on any atom is 0.331 e. The molecular formula is C10H18NO4S-. The highest BCUT2D eigenvalue weighted by Crippen LogP contribution is 2.07. The first-order valence-electron chi connectivity index (χ1n) is 5.01. The Morgan fingerprint density at radius 3 is 2.44 bits per heavy atom. The molecule has 16 heavy (non-hydrogen) atoms. The van der Waals surface area contributed by atoms with Crippen LogP contribution < -0.4 is 5.11 Å². The van der Waals surface area contributed by atoms with Crippen LogP contribution >= 0.6 is 12.6 Å². The Balaban J connectivity index is 4.50. The minimum atomic E-state index is -0.905. The molecule has 6 heteroatoms. The van der Waals surface area contributed by atoms with Gasteiger partial charge in [-0.2, -0.15) is 12.6 Å². The summed E-state index contributed by atoms with van der Waals surface area (Å²) >= 11 is 3.93. The molecule has 0 aromatic rings. The maximum atomic E-state index is 11.3. The first kappa shape index (κ1) is 15.1. The normalized spacial score (nSPS) is 14.4. The average molecular weight is 248 g/mol.